The number of ether oxygens (including phenoxy) is 1. The Hall–Kier alpha value is -6.43. The second kappa shape index (κ2) is 19.6. The number of benzene rings is 3. The monoisotopic (exact) mass is 887 g/mol. The molecule has 66 heavy (non-hydrogen) atoms. The van der Waals surface area contributed by atoms with Gasteiger partial charge in [0.15, 0.2) is 0 Å². The maximum atomic E-state index is 13.7. The Balaban J connectivity index is 0.976. The molecule has 3 amide bonds. The van der Waals surface area contributed by atoms with Gasteiger partial charge in [-0.25, -0.2) is 14.8 Å². The lowest BCUT2D eigenvalue weighted by Gasteiger charge is -2.30. The highest BCUT2D eigenvalue weighted by Gasteiger charge is 2.38. The zero-order valence-corrected chi connectivity index (χ0v) is 38.9. The average Bonchev–Trinajstić information content (AvgIpc) is 4.20. The molecule has 2 aliphatic heterocycles. The highest BCUT2D eigenvalue weighted by Crippen LogP contribution is 2.39. The van der Waals surface area contributed by atoms with Crippen molar-refractivity contribution in [3.05, 3.63) is 121 Å². The van der Waals surface area contributed by atoms with Crippen LogP contribution in [0.4, 0.5) is 4.79 Å². The zero-order chi connectivity index (χ0) is 45.9. The molecule has 6 aromatic rings. The van der Waals surface area contributed by atoms with Crippen molar-refractivity contribution in [3.8, 4) is 50.7 Å². The van der Waals surface area contributed by atoms with Gasteiger partial charge in [0.25, 0.3) is 0 Å². The highest BCUT2D eigenvalue weighted by molar-refractivity contribution is 5.87. The summed E-state index contributed by atoms with van der Waals surface area (Å²) in [6.45, 7) is 9.26. The molecule has 3 fully saturated rings. The molecule has 0 bridgehead atoms. The number of nitrogens with one attached hydrogen (secondary N) is 3. The fourth-order valence-electron chi connectivity index (χ4n) is 10.3. The number of carbonyl (C=O) groups is 3. The molecule has 1 aliphatic carbocycles. The van der Waals surface area contributed by atoms with Gasteiger partial charge in [0.2, 0.25) is 11.8 Å². The van der Waals surface area contributed by atoms with E-state index >= 15 is 0 Å². The van der Waals surface area contributed by atoms with Gasteiger partial charge in [-0.05, 0) is 108 Å². The summed E-state index contributed by atoms with van der Waals surface area (Å²) in [5, 5.41) is 2.73. The average molecular weight is 888 g/mol. The lowest BCUT2D eigenvalue weighted by atomic mass is 9.84. The summed E-state index contributed by atoms with van der Waals surface area (Å²) >= 11 is 0. The van der Waals surface area contributed by atoms with Crippen molar-refractivity contribution in [2.75, 3.05) is 20.2 Å². The van der Waals surface area contributed by atoms with Crippen LogP contribution in [0.2, 0.25) is 0 Å². The van der Waals surface area contributed by atoms with E-state index in [1.807, 2.05) is 49.9 Å². The molecule has 12 nitrogen and oxygen atoms in total. The summed E-state index contributed by atoms with van der Waals surface area (Å²) in [6, 6.07) is 29.9. The molecule has 1 saturated carbocycles. The number of nitrogens with zero attached hydrogens (tertiary/aromatic N) is 5. The van der Waals surface area contributed by atoms with Crippen LogP contribution in [0.1, 0.15) is 121 Å². The summed E-state index contributed by atoms with van der Waals surface area (Å²) in [5.74, 6) is 2.24. The second-order valence-electron chi connectivity index (χ2n) is 19.0. The van der Waals surface area contributed by atoms with E-state index in [-0.39, 0.29) is 35.7 Å². The van der Waals surface area contributed by atoms with Crippen LogP contribution in [-0.2, 0) is 14.3 Å². The zero-order valence-electron chi connectivity index (χ0n) is 38.9. The van der Waals surface area contributed by atoms with Crippen LogP contribution < -0.4 is 5.32 Å². The first kappa shape index (κ1) is 44.8. The molecule has 2 saturated heterocycles. The first-order chi connectivity index (χ1) is 32.1. The maximum Gasteiger partial charge on any atom is 0.407 e. The molecule has 3 atom stereocenters. The van der Waals surface area contributed by atoms with E-state index in [2.05, 4.69) is 105 Å². The number of alkyl carbamates (subject to hydrolysis) is 1. The minimum absolute atomic E-state index is 0.0419. The standard InChI is InChI=1S/C54H63N8O4/c1-34(2)31-49(63)60-29-9-13-47(60)51-55-32-43(57-51)38-15-19-40(20-16-38)45-27-28-46(62(45)42-25-23-37(24-26-42)36-11-7-6-8-12-36)41-21-17-39(18-22-41)44-33-56-52(58-44)48-14-10-30-61(48)53(64)50(35(3)4)59-54(65)66-5/h15-28,31-36,47-48,50H,6-14,29-30H2,1-5H3,(H,55,57)(H,56,58)(H,59,65)/t47-,48-,50-/m0/s1. The number of aromatic amines is 2. The number of likely N-dealkylation sites (tertiary alicyclic amines) is 2. The smallest absolute Gasteiger partial charge is 0.407 e. The van der Waals surface area contributed by atoms with Crippen molar-refractivity contribution in [3.63, 3.8) is 0 Å². The Bertz CT molecular complexity index is 2620. The number of hydrogen-bond donors (Lipinski definition) is 3. The van der Waals surface area contributed by atoms with Gasteiger partial charge in [0, 0.05) is 18.8 Å². The van der Waals surface area contributed by atoms with Gasteiger partial charge in [-0.1, -0.05) is 108 Å². The number of aromatic nitrogens is 5. The topological polar surface area (TPSA) is 141 Å². The fourth-order valence-corrected chi connectivity index (χ4v) is 10.3. The molecule has 3 N–H and O–H groups in total. The molecular weight excluding hydrogens is 825 g/mol. The molecule has 9 rings (SSSR count). The normalized spacial score (nSPS) is 18.3. The third kappa shape index (κ3) is 9.32. The van der Waals surface area contributed by atoms with E-state index in [4.69, 9.17) is 14.7 Å². The Morgan fingerprint density at radius 2 is 1.17 bits per heavy atom. The molecule has 5 heterocycles. The third-order valence-electron chi connectivity index (χ3n) is 13.9. The van der Waals surface area contributed by atoms with Crippen LogP contribution >= 0.6 is 0 Å². The van der Waals surface area contributed by atoms with Gasteiger partial charge in [0.05, 0.1) is 60.8 Å². The van der Waals surface area contributed by atoms with E-state index in [1.54, 1.807) is 6.42 Å². The summed E-state index contributed by atoms with van der Waals surface area (Å²) in [7, 11) is 1.31. The van der Waals surface area contributed by atoms with E-state index in [0.717, 1.165) is 94.6 Å². The number of imidazole rings is 2. The predicted octanol–water partition coefficient (Wildman–Crippen LogP) is 11.2. The van der Waals surface area contributed by atoms with Crippen LogP contribution in [0, 0.1) is 18.3 Å². The largest absolute Gasteiger partial charge is 0.453 e. The lowest BCUT2D eigenvalue weighted by Crippen LogP contribution is -2.51. The highest BCUT2D eigenvalue weighted by atomic mass is 16.5. The maximum absolute atomic E-state index is 13.7. The van der Waals surface area contributed by atoms with Gasteiger partial charge in [-0.3, -0.25) is 9.59 Å². The number of carbonyl (C=O) groups excluding carboxylic acids is 3. The summed E-state index contributed by atoms with van der Waals surface area (Å²) in [6.07, 6.45) is 14.9. The van der Waals surface area contributed by atoms with Crippen LogP contribution in [-0.4, -0.2) is 78.5 Å². The predicted molar refractivity (Wildman–Crippen MR) is 258 cm³/mol. The van der Waals surface area contributed by atoms with Crippen molar-refractivity contribution in [2.24, 2.45) is 11.8 Å². The van der Waals surface area contributed by atoms with Crippen molar-refractivity contribution in [2.45, 2.75) is 110 Å². The Labute approximate surface area is 388 Å². The van der Waals surface area contributed by atoms with Crippen molar-refractivity contribution in [1.29, 1.82) is 0 Å². The van der Waals surface area contributed by atoms with Crippen molar-refractivity contribution in [1.82, 2.24) is 39.6 Å². The van der Waals surface area contributed by atoms with Crippen LogP contribution in [0.5, 0.6) is 0 Å². The Kier molecular flexibility index (Phi) is 13.3. The second-order valence-corrected chi connectivity index (χ2v) is 19.0. The van der Waals surface area contributed by atoms with Crippen LogP contribution in [0.3, 0.4) is 0 Å². The molecule has 12 heteroatoms. The minimum atomic E-state index is -0.689. The van der Waals surface area contributed by atoms with Crippen LogP contribution in [0.15, 0.2) is 97.3 Å². The van der Waals surface area contributed by atoms with Gasteiger partial charge < -0.3 is 34.4 Å². The van der Waals surface area contributed by atoms with Crippen molar-refractivity contribution >= 4 is 17.9 Å². The molecule has 3 aromatic heterocycles. The number of amides is 3. The Morgan fingerprint density at radius 1 is 0.652 bits per heavy atom. The van der Waals surface area contributed by atoms with Crippen molar-refractivity contribution < 1.29 is 19.1 Å². The van der Waals surface area contributed by atoms with E-state index in [1.165, 1.54) is 44.8 Å². The number of rotatable bonds is 13. The molecule has 343 valence electrons. The number of hydrogen-bond acceptors (Lipinski definition) is 6. The molecule has 3 aromatic carbocycles. The fraction of sp³-hybridized carbons (Fsp3) is 0.407. The van der Waals surface area contributed by atoms with Gasteiger partial charge in [-0.15, -0.1) is 0 Å². The third-order valence-corrected chi connectivity index (χ3v) is 13.9. The molecule has 0 spiro atoms. The first-order valence-electron chi connectivity index (χ1n) is 24.0. The molecule has 0 unspecified atom stereocenters. The number of methoxy groups -OCH3 is 1. The quantitative estimate of drug-likeness (QED) is 0.105. The molecule has 1 radical (unpaired) electrons. The lowest BCUT2D eigenvalue weighted by molar-refractivity contribution is -0.135. The van der Waals surface area contributed by atoms with Gasteiger partial charge in [0.1, 0.15) is 17.7 Å². The van der Waals surface area contributed by atoms with Gasteiger partial charge in [-0.2, -0.15) is 0 Å². The van der Waals surface area contributed by atoms with Crippen LogP contribution in [0.25, 0.3) is 50.7 Å². The minimum Gasteiger partial charge on any atom is -0.453 e. The van der Waals surface area contributed by atoms with Gasteiger partial charge >= 0.3 is 6.09 Å². The molecule has 3 aliphatic rings. The SMILES string of the molecule is COC(=O)N[C@H](C(=O)N1CCC[C@H]1c1ncc(-c2ccc(-c3ccc(-c4ccc(-c5cnc([C@@H]6CCCN6C(=O)[CH]C(C)C)[nH]5)cc4)n3-c3ccc(C4CCCCC4)cc3)cc2)[nH]1)C(C)C. The van der Waals surface area contributed by atoms with E-state index < -0.39 is 12.1 Å². The summed E-state index contributed by atoms with van der Waals surface area (Å²) in [5.41, 5.74) is 10.7. The first-order valence-corrected chi connectivity index (χ1v) is 24.0. The molecular formula is C54H63N8O4. The summed E-state index contributed by atoms with van der Waals surface area (Å²) < 4.78 is 7.18. The summed E-state index contributed by atoms with van der Waals surface area (Å²) in [4.78, 5) is 59.3. The number of H-pyrrole nitrogens is 2. The Morgan fingerprint density at radius 3 is 1.68 bits per heavy atom. The van der Waals surface area contributed by atoms with E-state index in [9.17, 15) is 14.4 Å². The van der Waals surface area contributed by atoms with E-state index in [0.29, 0.717) is 12.5 Å².